The second kappa shape index (κ2) is 10.6. The molecular weight excluding hydrogens is 422 g/mol. The zero-order chi connectivity index (χ0) is 23.1. The molecule has 8 nitrogen and oxygen atoms in total. The van der Waals surface area contributed by atoms with Crippen molar-refractivity contribution in [1.82, 2.24) is 14.7 Å². The van der Waals surface area contributed by atoms with Gasteiger partial charge in [0.25, 0.3) is 12.1 Å². The van der Waals surface area contributed by atoms with Crippen molar-refractivity contribution >= 4 is 11.6 Å². The molecule has 0 unspecified atom stereocenters. The summed E-state index contributed by atoms with van der Waals surface area (Å²) in [6, 6.07) is 15.0. The molecule has 10 heteroatoms. The SMILES string of the molecule is COCCN(CC(F)F)C(=O)Cc1cn(-c2ccccc2)nc1-c1ccc([N+](=O)[O-])cc1. The molecule has 3 rings (SSSR count). The molecule has 1 amide bonds. The number of nitro benzene ring substituents is 1. The van der Waals surface area contributed by atoms with Gasteiger partial charge in [-0.25, -0.2) is 13.5 Å². The van der Waals surface area contributed by atoms with E-state index in [4.69, 9.17) is 4.74 Å². The third-order valence-corrected chi connectivity index (χ3v) is 4.78. The van der Waals surface area contributed by atoms with E-state index in [9.17, 15) is 23.7 Å². The zero-order valence-electron chi connectivity index (χ0n) is 17.4. The van der Waals surface area contributed by atoms with Gasteiger partial charge in [0.15, 0.2) is 0 Å². The maximum absolute atomic E-state index is 13.0. The van der Waals surface area contributed by atoms with E-state index >= 15 is 0 Å². The molecule has 0 N–H and O–H groups in total. The van der Waals surface area contributed by atoms with Gasteiger partial charge in [0.2, 0.25) is 5.91 Å². The third-order valence-electron chi connectivity index (χ3n) is 4.78. The van der Waals surface area contributed by atoms with Crippen LogP contribution < -0.4 is 0 Å². The fourth-order valence-electron chi connectivity index (χ4n) is 3.20. The van der Waals surface area contributed by atoms with Gasteiger partial charge in [-0.05, 0) is 24.3 Å². The normalized spacial score (nSPS) is 11.0. The number of hydrogen-bond acceptors (Lipinski definition) is 5. The Morgan fingerprint density at radius 1 is 1.19 bits per heavy atom. The molecule has 1 aromatic heterocycles. The Bertz CT molecular complexity index is 1060. The first-order valence-corrected chi connectivity index (χ1v) is 9.82. The van der Waals surface area contributed by atoms with Gasteiger partial charge in [0.1, 0.15) is 0 Å². The number of carbonyl (C=O) groups is 1. The summed E-state index contributed by atoms with van der Waals surface area (Å²) in [5, 5.41) is 15.5. The number of methoxy groups -OCH3 is 1. The van der Waals surface area contributed by atoms with Crippen LogP contribution in [0.25, 0.3) is 16.9 Å². The van der Waals surface area contributed by atoms with E-state index in [0.29, 0.717) is 16.8 Å². The number of alkyl halides is 2. The second-order valence-electron chi connectivity index (χ2n) is 6.99. The number of ether oxygens (including phenoxy) is 1. The number of benzene rings is 2. The summed E-state index contributed by atoms with van der Waals surface area (Å²) in [4.78, 5) is 24.4. The van der Waals surface area contributed by atoms with Crippen molar-refractivity contribution in [1.29, 1.82) is 0 Å². The van der Waals surface area contributed by atoms with Gasteiger partial charge in [-0.3, -0.25) is 14.9 Å². The first kappa shape index (κ1) is 23.0. The monoisotopic (exact) mass is 444 g/mol. The van der Waals surface area contributed by atoms with Crippen LogP contribution in [-0.4, -0.2) is 58.7 Å². The summed E-state index contributed by atoms with van der Waals surface area (Å²) in [5.41, 5.74) is 2.21. The van der Waals surface area contributed by atoms with Gasteiger partial charge in [-0.2, -0.15) is 5.10 Å². The maximum Gasteiger partial charge on any atom is 0.269 e. The number of rotatable bonds is 10. The number of hydrogen-bond donors (Lipinski definition) is 0. The van der Waals surface area contributed by atoms with Crippen LogP contribution in [0, 0.1) is 10.1 Å². The number of amides is 1. The van der Waals surface area contributed by atoms with Crippen LogP contribution in [0.15, 0.2) is 60.8 Å². The lowest BCUT2D eigenvalue weighted by Gasteiger charge is -2.22. The largest absolute Gasteiger partial charge is 0.383 e. The molecule has 0 aliphatic heterocycles. The fourth-order valence-corrected chi connectivity index (χ4v) is 3.20. The molecule has 0 radical (unpaired) electrons. The van der Waals surface area contributed by atoms with Crippen LogP contribution in [0.4, 0.5) is 14.5 Å². The molecule has 0 saturated carbocycles. The standard InChI is InChI=1S/C22H22F2N4O4/c1-32-12-11-26(15-20(23)24)21(29)13-17-14-27(18-5-3-2-4-6-18)25-22(17)16-7-9-19(10-8-16)28(30)31/h2-10,14,20H,11-13,15H2,1H3. The molecule has 3 aromatic rings. The van der Waals surface area contributed by atoms with Crippen LogP contribution in [0.5, 0.6) is 0 Å². The van der Waals surface area contributed by atoms with E-state index in [1.165, 1.54) is 19.2 Å². The van der Waals surface area contributed by atoms with Crippen molar-refractivity contribution in [3.05, 3.63) is 76.5 Å². The van der Waals surface area contributed by atoms with E-state index in [0.717, 1.165) is 10.6 Å². The first-order chi connectivity index (χ1) is 15.4. The van der Waals surface area contributed by atoms with Gasteiger partial charge >= 0.3 is 0 Å². The summed E-state index contributed by atoms with van der Waals surface area (Å²) in [5.74, 6) is -0.488. The Morgan fingerprint density at radius 2 is 1.88 bits per heavy atom. The average Bonchev–Trinajstić information content (AvgIpc) is 3.20. The van der Waals surface area contributed by atoms with Gasteiger partial charge in [0.05, 0.1) is 35.9 Å². The van der Waals surface area contributed by atoms with Crippen molar-refractivity contribution in [2.75, 3.05) is 26.8 Å². The summed E-state index contributed by atoms with van der Waals surface area (Å²) in [7, 11) is 1.43. The topological polar surface area (TPSA) is 90.5 Å². The lowest BCUT2D eigenvalue weighted by molar-refractivity contribution is -0.384. The molecule has 0 fully saturated rings. The van der Waals surface area contributed by atoms with Crippen molar-refractivity contribution in [3.8, 4) is 16.9 Å². The number of aromatic nitrogens is 2. The molecular formula is C22H22F2N4O4. The second-order valence-corrected chi connectivity index (χ2v) is 6.99. The average molecular weight is 444 g/mol. The highest BCUT2D eigenvalue weighted by atomic mass is 19.3. The maximum atomic E-state index is 13.0. The van der Waals surface area contributed by atoms with Crippen molar-refractivity contribution < 1.29 is 23.2 Å². The number of nitrogens with zero attached hydrogens (tertiary/aromatic N) is 4. The van der Waals surface area contributed by atoms with E-state index < -0.39 is 23.8 Å². The summed E-state index contributed by atoms with van der Waals surface area (Å²) < 4.78 is 32.5. The Kier molecular flexibility index (Phi) is 7.61. The summed E-state index contributed by atoms with van der Waals surface area (Å²) in [6.45, 7) is -0.516. The van der Waals surface area contributed by atoms with E-state index in [1.54, 1.807) is 23.0 Å². The molecule has 0 bridgehead atoms. The number of non-ortho nitro benzene ring substituents is 1. The molecule has 1 heterocycles. The van der Waals surface area contributed by atoms with Gasteiger partial charge in [-0.15, -0.1) is 0 Å². The first-order valence-electron chi connectivity index (χ1n) is 9.82. The minimum Gasteiger partial charge on any atom is -0.383 e. The number of halogens is 2. The highest BCUT2D eigenvalue weighted by molar-refractivity contribution is 5.81. The quantitative estimate of drug-likeness (QED) is 0.351. The van der Waals surface area contributed by atoms with Crippen LogP contribution in [0.1, 0.15) is 5.56 Å². The molecule has 0 aliphatic carbocycles. The van der Waals surface area contributed by atoms with Crippen LogP contribution in [0.3, 0.4) is 0 Å². The highest BCUT2D eigenvalue weighted by Gasteiger charge is 2.22. The van der Waals surface area contributed by atoms with E-state index in [-0.39, 0.29) is 25.3 Å². The highest BCUT2D eigenvalue weighted by Crippen LogP contribution is 2.26. The van der Waals surface area contributed by atoms with Gasteiger partial charge in [-0.1, -0.05) is 18.2 Å². The molecule has 2 aromatic carbocycles. The molecule has 0 aliphatic rings. The Balaban J connectivity index is 1.96. The molecule has 0 spiro atoms. The van der Waals surface area contributed by atoms with Crippen LogP contribution in [-0.2, 0) is 16.0 Å². The number of carbonyl (C=O) groups excluding carboxylic acids is 1. The molecule has 0 atom stereocenters. The predicted octanol–water partition coefficient (Wildman–Crippen LogP) is 3.73. The minimum atomic E-state index is -2.67. The van der Waals surface area contributed by atoms with Gasteiger partial charge in [0, 0.05) is 43.1 Å². The smallest absolute Gasteiger partial charge is 0.269 e. The van der Waals surface area contributed by atoms with Crippen molar-refractivity contribution in [2.24, 2.45) is 0 Å². The number of nitro groups is 1. The molecule has 168 valence electrons. The van der Waals surface area contributed by atoms with Crippen molar-refractivity contribution in [3.63, 3.8) is 0 Å². The Morgan fingerprint density at radius 3 is 2.47 bits per heavy atom. The Labute approximate surface area is 183 Å². The van der Waals surface area contributed by atoms with Gasteiger partial charge < -0.3 is 9.64 Å². The van der Waals surface area contributed by atoms with Crippen molar-refractivity contribution in [2.45, 2.75) is 12.8 Å². The zero-order valence-corrected chi connectivity index (χ0v) is 17.4. The van der Waals surface area contributed by atoms with Crippen LogP contribution in [0.2, 0.25) is 0 Å². The molecule has 0 saturated heterocycles. The predicted molar refractivity (Wildman–Crippen MR) is 114 cm³/mol. The fraction of sp³-hybridized carbons (Fsp3) is 0.273. The van der Waals surface area contributed by atoms with E-state index in [1.807, 2.05) is 30.3 Å². The van der Waals surface area contributed by atoms with E-state index in [2.05, 4.69) is 5.10 Å². The lowest BCUT2D eigenvalue weighted by Crippen LogP contribution is -2.38. The lowest BCUT2D eigenvalue weighted by atomic mass is 10.1. The van der Waals surface area contributed by atoms with Crippen LogP contribution >= 0.6 is 0 Å². The molecule has 32 heavy (non-hydrogen) atoms. The number of para-hydroxylation sites is 1. The third kappa shape index (κ3) is 5.73. The summed E-state index contributed by atoms with van der Waals surface area (Å²) in [6.07, 6.45) is -1.16. The minimum absolute atomic E-state index is 0.0410. The Hall–Kier alpha value is -3.66. The summed E-state index contributed by atoms with van der Waals surface area (Å²) >= 11 is 0.